The predicted octanol–water partition coefficient (Wildman–Crippen LogP) is 7.14. The summed E-state index contributed by atoms with van der Waals surface area (Å²) in [4.78, 5) is 0. The Morgan fingerprint density at radius 1 is 0.960 bits per heavy atom. The maximum atomic E-state index is 9.47. The molecule has 1 heteroatoms. The molecule has 0 unspecified atom stereocenters. The van der Waals surface area contributed by atoms with Gasteiger partial charge in [-0.15, -0.1) is 0 Å². The molecule has 136 valence electrons. The summed E-state index contributed by atoms with van der Waals surface area (Å²) in [5, 5.41) is 9.47. The molecule has 2 saturated carbocycles. The molecule has 3 rings (SSSR count). The zero-order chi connectivity index (χ0) is 17.6. The topological polar surface area (TPSA) is 23.8 Å². The Hall–Kier alpha value is -1.29. The van der Waals surface area contributed by atoms with Crippen molar-refractivity contribution in [1.82, 2.24) is 0 Å². The average molecular weight is 338 g/mol. The first-order valence-corrected chi connectivity index (χ1v) is 10.7. The van der Waals surface area contributed by atoms with Crippen LogP contribution in [0.1, 0.15) is 100 Å². The van der Waals surface area contributed by atoms with Crippen LogP contribution in [0.4, 0.5) is 0 Å². The van der Waals surface area contributed by atoms with Gasteiger partial charge in [-0.25, -0.2) is 0 Å². The fraction of sp³-hybridized carbons (Fsp3) is 0.708. The van der Waals surface area contributed by atoms with E-state index in [2.05, 4.69) is 38.1 Å². The minimum absolute atomic E-state index is 0.618. The molecular formula is C24H35N. The second kappa shape index (κ2) is 8.88. The number of nitrogens with zero attached hydrogens (tertiary/aromatic N) is 1. The van der Waals surface area contributed by atoms with Crippen LogP contribution in [0.3, 0.4) is 0 Å². The summed E-state index contributed by atoms with van der Waals surface area (Å²) in [6.45, 7) is 4.40. The minimum atomic E-state index is 0.618. The van der Waals surface area contributed by atoms with E-state index in [1.807, 2.05) is 0 Å². The number of rotatable bonds is 5. The van der Waals surface area contributed by atoms with E-state index in [1.165, 1.54) is 81.8 Å². The van der Waals surface area contributed by atoms with E-state index in [-0.39, 0.29) is 0 Å². The second-order valence-corrected chi connectivity index (χ2v) is 8.74. The highest BCUT2D eigenvalue weighted by Crippen LogP contribution is 2.45. The predicted molar refractivity (Wildman–Crippen MR) is 106 cm³/mol. The third-order valence-electron chi connectivity index (χ3n) is 7.06. The molecule has 0 N–H and O–H groups in total. The van der Waals surface area contributed by atoms with Gasteiger partial charge < -0.3 is 0 Å². The lowest BCUT2D eigenvalue weighted by molar-refractivity contribution is 0.156. The molecule has 0 aliphatic heterocycles. The molecule has 2 aliphatic rings. The van der Waals surface area contributed by atoms with E-state index in [4.69, 9.17) is 0 Å². The van der Waals surface area contributed by atoms with Crippen molar-refractivity contribution >= 4 is 0 Å². The van der Waals surface area contributed by atoms with Gasteiger partial charge in [0.2, 0.25) is 0 Å². The van der Waals surface area contributed by atoms with Gasteiger partial charge in [0, 0.05) is 0 Å². The highest BCUT2D eigenvalue weighted by Gasteiger charge is 2.31. The lowest BCUT2D eigenvalue weighted by Crippen LogP contribution is -2.25. The van der Waals surface area contributed by atoms with Crippen LogP contribution in [0, 0.1) is 36.0 Å². The van der Waals surface area contributed by atoms with E-state index in [0.29, 0.717) is 5.92 Å². The van der Waals surface area contributed by atoms with Crippen LogP contribution in [0.15, 0.2) is 18.2 Å². The van der Waals surface area contributed by atoms with Crippen LogP contribution in [0.5, 0.6) is 0 Å². The SMILES string of the molecule is CCCC[C@H]1CC[C@H]([C@H]2CC[C@H](c3ccc(C)cc3C#N)CC2)CC1. The smallest absolute Gasteiger partial charge is 0.0994 e. The fourth-order valence-corrected chi connectivity index (χ4v) is 5.47. The zero-order valence-electron chi connectivity index (χ0n) is 16.3. The van der Waals surface area contributed by atoms with Crippen molar-refractivity contribution in [1.29, 1.82) is 5.26 Å². The van der Waals surface area contributed by atoms with Crippen molar-refractivity contribution in [2.75, 3.05) is 0 Å². The van der Waals surface area contributed by atoms with Crippen LogP contribution in [0.25, 0.3) is 0 Å². The first kappa shape index (κ1) is 18.5. The van der Waals surface area contributed by atoms with Gasteiger partial charge in [-0.05, 0) is 86.3 Å². The van der Waals surface area contributed by atoms with Crippen LogP contribution in [-0.2, 0) is 0 Å². The van der Waals surface area contributed by atoms with Crippen molar-refractivity contribution < 1.29 is 0 Å². The first-order chi connectivity index (χ1) is 12.2. The third-order valence-corrected chi connectivity index (χ3v) is 7.06. The molecule has 0 aromatic heterocycles. The summed E-state index contributed by atoms with van der Waals surface area (Å²) in [6, 6.07) is 8.90. The van der Waals surface area contributed by atoms with Gasteiger partial charge in [0.15, 0.2) is 0 Å². The van der Waals surface area contributed by atoms with Crippen molar-refractivity contribution in [3.63, 3.8) is 0 Å². The number of nitriles is 1. The zero-order valence-corrected chi connectivity index (χ0v) is 16.3. The quantitative estimate of drug-likeness (QED) is 0.560. The summed E-state index contributed by atoms with van der Waals surface area (Å²) >= 11 is 0. The highest BCUT2D eigenvalue weighted by molar-refractivity contribution is 5.42. The van der Waals surface area contributed by atoms with Crippen LogP contribution in [-0.4, -0.2) is 0 Å². The van der Waals surface area contributed by atoms with Crippen molar-refractivity contribution in [3.05, 3.63) is 34.9 Å². The van der Waals surface area contributed by atoms with Gasteiger partial charge in [-0.3, -0.25) is 0 Å². The molecule has 1 aromatic carbocycles. The maximum absolute atomic E-state index is 9.47. The molecule has 0 amide bonds. The van der Waals surface area contributed by atoms with E-state index < -0.39 is 0 Å². The Kier molecular flexibility index (Phi) is 6.57. The Labute approximate surface area is 154 Å². The standard InChI is InChI=1S/C24H35N/c1-3-4-5-19-7-9-20(10-8-19)21-11-13-22(14-12-21)24-15-6-18(2)16-23(24)17-25/h6,15-16,19-22H,3-5,7-14H2,1-2H3/t19-,20-,21-,22-. The summed E-state index contributed by atoms with van der Waals surface area (Å²) < 4.78 is 0. The van der Waals surface area contributed by atoms with Crippen LogP contribution < -0.4 is 0 Å². The lowest BCUT2D eigenvalue weighted by Gasteiger charge is -2.38. The molecule has 0 saturated heterocycles. The summed E-state index contributed by atoms with van der Waals surface area (Å²) in [7, 11) is 0. The third kappa shape index (κ3) is 4.66. The molecule has 2 fully saturated rings. The molecule has 1 aromatic rings. The number of benzene rings is 1. The van der Waals surface area contributed by atoms with Crippen LogP contribution in [0.2, 0.25) is 0 Å². The highest BCUT2D eigenvalue weighted by atomic mass is 14.4. The number of hydrogen-bond donors (Lipinski definition) is 0. The normalized spacial score (nSPS) is 30.0. The molecule has 0 heterocycles. The molecule has 1 nitrogen and oxygen atoms in total. The molecule has 0 spiro atoms. The summed E-state index contributed by atoms with van der Waals surface area (Å²) in [5.41, 5.74) is 3.43. The monoisotopic (exact) mass is 337 g/mol. The molecule has 2 aliphatic carbocycles. The van der Waals surface area contributed by atoms with Gasteiger partial charge in [-0.2, -0.15) is 5.26 Å². The van der Waals surface area contributed by atoms with Gasteiger partial charge in [0.05, 0.1) is 11.6 Å². The second-order valence-electron chi connectivity index (χ2n) is 8.74. The van der Waals surface area contributed by atoms with Crippen LogP contribution >= 0.6 is 0 Å². The van der Waals surface area contributed by atoms with E-state index in [1.54, 1.807) is 0 Å². The van der Waals surface area contributed by atoms with Crippen molar-refractivity contribution in [3.8, 4) is 6.07 Å². The Morgan fingerprint density at radius 2 is 1.60 bits per heavy atom. The Morgan fingerprint density at radius 3 is 2.20 bits per heavy atom. The van der Waals surface area contributed by atoms with Crippen molar-refractivity contribution in [2.45, 2.75) is 90.4 Å². The number of hydrogen-bond acceptors (Lipinski definition) is 1. The van der Waals surface area contributed by atoms with E-state index in [0.717, 1.165) is 23.3 Å². The van der Waals surface area contributed by atoms with Gasteiger partial charge in [0.1, 0.15) is 0 Å². The molecular weight excluding hydrogens is 302 g/mol. The summed E-state index contributed by atoms with van der Waals surface area (Å²) in [6.07, 6.45) is 15.5. The molecule has 0 radical (unpaired) electrons. The van der Waals surface area contributed by atoms with Gasteiger partial charge in [-0.1, -0.05) is 51.2 Å². The number of aryl methyl sites for hydroxylation is 1. The summed E-state index contributed by atoms with van der Waals surface area (Å²) in [5.74, 6) is 3.59. The largest absolute Gasteiger partial charge is 0.192 e. The van der Waals surface area contributed by atoms with Gasteiger partial charge >= 0.3 is 0 Å². The minimum Gasteiger partial charge on any atom is -0.192 e. The molecule has 0 bridgehead atoms. The Balaban J connectivity index is 1.51. The average Bonchev–Trinajstić information content (AvgIpc) is 2.67. The van der Waals surface area contributed by atoms with Gasteiger partial charge in [0.25, 0.3) is 0 Å². The van der Waals surface area contributed by atoms with Crippen molar-refractivity contribution in [2.24, 2.45) is 17.8 Å². The number of unbranched alkanes of at least 4 members (excludes halogenated alkanes) is 1. The molecule has 25 heavy (non-hydrogen) atoms. The molecule has 0 atom stereocenters. The lowest BCUT2D eigenvalue weighted by atomic mass is 9.67. The Bertz CT molecular complexity index is 581. The fourth-order valence-electron chi connectivity index (χ4n) is 5.47. The van der Waals surface area contributed by atoms with E-state index in [9.17, 15) is 5.26 Å². The first-order valence-electron chi connectivity index (χ1n) is 10.7. The maximum Gasteiger partial charge on any atom is 0.0994 e. The van der Waals surface area contributed by atoms with E-state index >= 15 is 0 Å².